The third-order valence-electron chi connectivity index (χ3n) is 1.67. The summed E-state index contributed by atoms with van der Waals surface area (Å²) >= 11 is 0. The molecule has 2 nitrogen and oxygen atoms in total. The van der Waals surface area contributed by atoms with Crippen LogP contribution in [0.4, 0.5) is 14.5 Å². The largest absolute Gasteiger partial charge is 0.491 e. The Hall–Kier alpha value is -1.32. The first-order chi connectivity index (χ1) is 6.50. The maximum atomic E-state index is 12.4. The minimum atomic E-state index is -2.56. The summed E-state index contributed by atoms with van der Waals surface area (Å²) in [7, 11) is 0. The van der Waals surface area contributed by atoms with Crippen LogP contribution in [0.15, 0.2) is 18.2 Å². The van der Waals surface area contributed by atoms with Gasteiger partial charge in [-0.25, -0.2) is 8.78 Å². The number of hydrogen-bond acceptors (Lipinski definition) is 2. The Morgan fingerprint density at radius 1 is 1.29 bits per heavy atom. The predicted molar refractivity (Wildman–Crippen MR) is 51.6 cm³/mol. The highest BCUT2D eigenvalue weighted by atomic mass is 19.3. The Labute approximate surface area is 81.7 Å². The van der Waals surface area contributed by atoms with E-state index in [2.05, 4.69) is 0 Å². The van der Waals surface area contributed by atoms with Gasteiger partial charge in [0.1, 0.15) is 5.75 Å². The van der Waals surface area contributed by atoms with Crippen LogP contribution in [0, 0.1) is 0 Å². The Kier molecular flexibility index (Phi) is 3.28. The Morgan fingerprint density at radius 3 is 2.43 bits per heavy atom. The zero-order valence-corrected chi connectivity index (χ0v) is 8.13. The van der Waals surface area contributed by atoms with Crippen LogP contribution in [0.5, 0.6) is 5.75 Å². The zero-order valence-electron chi connectivity index (χ0n) is 8.13. The first kappa shape index (κ1) is 10.8. The molecule has 0 fully saturated rings. The van der Waals surface area contributed by atoms with Crippen molar-refractivity contribution in [2.75, 3.05) is 5.73 Å². The molecule has 0 aromatic heterocycles. The predicted octanol–water partition coefficient (Wildman–Crippen LogP) is 2.99. The van der Waals surface area contributed by atoms with Crippen LogP contribution in [0.2, 0.25) is 0 Å². The number of nitrogens with two attached hydrogens (primary N) is 1. The van der Waals surface area contributed by atoms with E-state index in [1.807, 2.05) is 13.8 Å². The smallest absolute Gasteiger partial charge is 0.265 e. The number of nitrogen functional groups attached to an aromatic ring is 1. The van der Waals surface area contributed by atoms with Crippen molar-refractivity contribution in [3.05, 3.63) is 23.8 Å². The molecule has 0 aliphatic heterocycles. The van der Waals surface area contributed by atoms with Gasteiger partial charge in [-0.05, 0) is 32.0 Å². The van der Waals surface area contributed by atoms with E-state index in [4.69, 9.17) is 10.5 Å². The lowest BCUT2D eigenvalue weighted by Crippen LogP contribution is -2.06. The molecule has 0 radical (unpaired) electrons. The number of benzene rings is 1. The number of ether oxygens (including phenoxy) is 1. The van der Waals surface area contributed by atoms with E-state index in [0.717, 1.165) is 0 Å². The van der Waals surface area contributed by atoms with Crippen molar-refractivity contribution >= 4 is 5.69 Å². The molecule has 0 aliphatic carbocycles. The molecule has 78 valence electrons. The van der Waals surface area contributed by atoms with Crippen LogP contribution in [0.1, 0.15) is 25.8 Å². The minimum Gasteiger partial charge on any atom is -0.491 e. The number of anilines is 1. The maximum absolute atomic E-state index is 12.4. The summed E-state index contributed by atoms with van der Waals surface area (Å²) in [5.41, 5.74) is 5.30. The van der Waals surface area contributed by atoms with Gasteiger partial charge in [-0.15, -0.1) is 0 Å². The van der Waals surface area contributed by atoms with Gasteiger partial charge in [0, 0.05) is 11.3 Å². The zero-order chi connectivity index (χ0) is 10.7. The van der Waals surface area contributed by atoms with Crippen molar-refractivity contribution in [3.8, 4) is 5.75 Å². The molecule has 0 amide bonds. The monoisotopic (exact) mass is 201 g/mol. The third-order valence-corrected chi connectivity index (χ3v) is 1.67. The molecule has 0 saturated carbocycles. The lowest BCUT2D eigenvalue weighted by atomic mass is 10.2. The molecule has 4 heteroatoms. The number of rotatable bonds is 3. The normalized spacial score (nSPS) is 11.0. The first-order valence-corrected chi connectivity index (χ1v) is 4.35. The molecule has 0 unspecified atom stereocenters. The van der Waals surface area contributed by atoms with Crippen LogP contribution in [-0.2, 0) is 0 Å². The molecule has 2 N–H and O–H groups in total. The molecular weight excluding hydrogens is 188 g/mol. The number of hydrogen-bond donors (Lipinski definition) is 1. The quantitative estimate of drug-likeness (QED) is 0.763. The fourth-order valence-corrected chi connectivity index (χ4v) is 1.09. The van der Waals surface area contributed by atoms with E-state index in [9.17, 15) is 8.78 Å². The minimum absolute atomic E-state index is 0.0378. The molecule has 0 bridgehead atoms. The van der Waals surface area contributed by atoms with Gasteiger partial charge >= 0.3 is 0 Å². The summed E-state index contributed by atoms with van der Waals surface area (Å²) in [5.74, 6) is 0.421. The van der Waals surface area contributed by atoms with Crippen molar-refractivity contribution in [3.63, 3.8) is 0 Å². The van der Waals surface area contributed by atoms with Gasteiger partial charge in [0.25, 0.3) is 6.43 Å². The molecule has 1 rings (SSSR count). The van der Waals surface area contributed by atoms with Crippen molar-refractivity contribution in [1.29, 1.82) is 0 Å². The third kappa shape index (κ3) is 2.58. The van der Waals surface area contributed by atoms with E-state index in [-0.39, 0.29) is 17.4 Å². The van der Waals surface area contributed by atoms with Crippen LogP contribution >= 0.6 is 0 Å². The molecule has 1 aromatic rings. The molecule has 0 atom stereocenters. The summed E-state index contributed by atoms with van der Waals surface area (Å²) < 4.78 is 30.1. The second-order valence-corrected chi connectivity index (χ2v) is 3.26. The molecule has 1 aromatic carbocycles. The van der Waals surface area contributed by atoms with Gasteiger partial charge in [0.2, 0.25) is 0 Å². The van der Waals surface area contributed by atoms with E-state index < -0.39 is 6.43 Å². The van der Waals surface area contributed by atoms with Gasteiger partial charge < -0.3 is 10.5 Å². The first-order valence-electron chi connectivity index (χ1n) is 4.35. The van der Waals surface area contributed by atoms with Gasteiger partial charge in [0.15, 0.2) is 0 Å². The van der Waals surface area contributed by atoms with Gasteiger partial charge in [-0.2, -0.15) is 0 Å². The van der Waals surface area contributed by atoms with Gasteiger partial charge in [0.05, 0.1) is 6.10 Å². The van der Waals surface area contributed by atoms with Crippen LogP contribution in [-0.4, -0.2) is 6.10 Å². The summed E-state index contributed by atoms with van der Waals surface area (Å²) in [6.45, 7) is 3.66. The van der Waals surface area contributed by atoms with E-state index in [1.165, 1.54) is 12.1 Å². The van der Waals surface area contributed by atoms with Crippen molar-refractivity contribution in [1.82, 2.24) is 0 Å². The van der Waals surface area contributed by atoms with Crippen LogP contribution in [0.3, 0.4) is 0 Å². The van der Waals surface area contributed by atoms with E-state index in [0.29, 0.717) is 5.75 Å². The van der Waals surface area contributed by atoms with Gasteiger partial charge in [-0.3, -0.25) is 0 Å². The van der Waals surface area contributed by atoms with Crippen molar-refractivity contribution < 1.29 is 13.5 Å². The second-order valence-electron chi connectivity index (χ2n) is 3.26. The average Bonchev–Trinajstić information content (AvgIpc) is 2.07. The highest BCUT2D eigenvalue weighted by molar-refractivity contribution is 5.51. The highest BCUT2D eigenvalue weighted by Gasteiger charge is 2.12. The summed E-state index contributed by atoms with van der Waals surface area (Å²) in [6.07, 6.45) is -2.60. The summed E-state index contributed by atoms with van der Waals surface area (Å²) in [5, 5.41) is 0. The lowest BCUT2D eigenvalue weighted by Gasteiger charge is -2.12. The lowest BCUT2D eigenvalue weighted by molar-refractivity contribution is 0.151. The standard InChI is InChI=1S/C10H13F2NO/c1-6(2)14-7-3-4-9(13)8(5-7)10(11)12/h3-6,10H,13H2,1-2H3. The molecule has 0 spiro atoms. The Balaban J connectivity index is 2.94. The summed E-state index contributed by atoms with van der Waals surface area (Å²) in [6, 6.07) is 4.29. The van der Waals surface area contributed by atoms with E-state index >= 15 is 0 Å². The molecule has 0 saturated heterocycles. The molecular formula is C10H13F2NO. The molecule has 0 heterocycles. The molecule has 14 heavy (non-hydrogen) atoms. The maximum Gasteiger partial charge on any atom is 0.265 e. The topological polar surface area (TPSA) is 35.2 Å². The van der Waals surface area contributed by atoms with Crippen molar-refractivity contribution in [2.24, 2.45) is 0 Å². The Morgan fingerprint density at radius 2 is 1.93 bits per heavy atom. The fourth-order valence-electron chi connectivity index (χ4n) is 1.09. The van der Waals surface area contributed by atoms with Crippen LogP contribution < -0.4 is 10.5 Å². The number of alkyl halides is 2. The van der Waals surface area contributed by atoms with Crippen LogP contribution in [0.25, 0.3) is 0 Å². The average molecular weight is 201 g/mol. The SMILES string of the molecule is CC(C)Oc1ccc(N)c(C(F)F)c1. The summed E-state index contributed by atoms with van der Waals surface area (Å²) in [4.78, 5) is 0. The number of halogens is 2. The van der Waals surface area contributed by atoms with E-state index in [1.54, 1.807) is 6.07 Å². The highest BCUT2D eigenvalue weighted by Crippen LogP contribution is 2.28. The fraction of sp³-hybridized carbons (Fsp3) is 0.400. The Bertz CT molecular complexity index is 313. The van der Waals surface area contributed by atoms with Gasteiger partial charge in [-0.1, -0.05) is 0 Å². The second kappa shape index (κ2) is 4.26. The molecule has 0 aliphatic rings. The van der Waals surface area contributed by atoms with Crippen molar-refractivity contribution in [2.45, 2.75) is 26.4 Å².